The van der Waals surface area contributed by atoms with Gasteiger partial charge in [-0.25, -0.2) is 0 Å². The first-order chi connectivity index (χ1) is 30.4. The fraction of sp³-hybridized carbons (Fsp3) is 0.333. The molecule has 0 fully saturated rings. The molecule has 2 aliphatic carbocycles. The average Bonchev–Trinajstić information content (AvgIpc) is 3.82. The van der Waals surface area contributed by atoms with Crippen LogP contribution in [0.2, 0.25) is 0 Å². The minimum absolute atomic E-state index is 0.0160. The van der Waals surface area contributed by atoms with Gasteiger partial charge in [-0.1, -0.05) is 189 Å². The van der Waals surface area contributed by atoms with Crippen LogP contribution < -0.4 is 4.90 Å². The fourth-order valence-electron chi connectivity index (χ4n) is 10.9. The molecule has 0 unspecified atom stereocenters. The molecule has 8 aromatic rings. The van der Waals surface area contributed by atoms with Crippen LogP contribution in [0.15, 0.2) is 132 Å². The normalized spacial score (nSPS) is 15.1. The van der Waals surface area contributed by atoms with Gasteiger partial charge in [0, 0.05) is 33.0 Å². The molecule has 0 radical (unpaired) electrons. The van der Waals surface area contributed by atoms with Crippen molar-refractivity contribution < 1.29 is 4.42 Å². The van der Waals surface area contributed by atoms with E-state index in [1.165, 1.54) is 77.9 Å². The summed E-state index contributed by atoms with van der Waals surface area (Å²) < 4.78 is 7.32. The van der Waals surface area contributed by atoms with Crippen molar-refractivity contribution in [1.82, 2.24) is 0 Å². The summed E-state index contributed by atoms with van der Waals surface area (Å²) in [7, 11) is 0. The van der Waals surface area contributed by atoms with Crippen molar-refractivity contribution in [2.24, 2.45) is 0 Å². The highest BCUT2D eigenvalue weighted by atomic mass is 16.3. The topological polar surface area (TPSA) is 16.4 Å². The van der Waals surface area contributed by atoms with Gasteiger partial charge in [0.05, 0.1) is 5.69 Å². The van der Waals surface area contributed by atoms with Gasteiger partial charge >= 0.3 is 0 Å². The highest BCUT2D eigenvalue weighted by molar-refractivity contribution is 6.12. The van der Waals surface area contributed by atoms with Crippen LogP contribution in [-0.4, -0.2) is 0 Å². The lowest BCUT2D eigenvalue weighted by Gasteiger charge is -2.30. The summed E-state index contributed by atoms with van der Waals surface area (Å²) in [5.41, 5.74) is 23.5. The zero-order valence-electron chi connectivity index (χ0n) is 41.6. The summed E-state index contributed by atoms with van der Waals surface area (Å²) in [6, 6.07) is 49.2. The first-order valence-electron chi connectivity index (χ1n) is 23.9. The number of benzene rings is 7. The second kappa shape index (κ2) is 14.3. The van der Waals surface area contributed by atoms with Crippen molar-refractivity contribution in [2.45, 2.75) is 137 Å². The number of hydrogen-bond acceptors (Lipinski definition) is 2. The van der Waals surface area contributed by atoms with Crippen LogP contribution in [0.25, 0.3) is 55.3 Å². The highest BCUT2D eigenvalue weighted by Crippen LogP contribution is 2.55. The minimum atomic E-state index is -0.180. The van der Waals surface area contributed by atoms with Crippen molar-refractivity contribution in [2.75, 3.05) is 4.90 Å². The Hall–Kier alpha value is -5.86. The number of anilines is 3. The zero-order chi connectivity index (χ0) is 46.3. The number of hydrogen-bond donors (Lipinski definition) is 0. The first-order valence-corrected chi connectivity index (χ1v) is 23.9. The van der Waals surface area contributed by atoms with E-state index in [1.54, 1.807) is 0 Å². The Kier molecular flexibility index (Phi) is 9.48. The molecular formula is C63H67NO. The monoisotopic (exact) mass is 854 g/mol. The standard InChI is InChI=1S/C63H67NO/c1-37(2)50-31-39(38-29-41(60(6,7)8)33-42(30-38)61(9,10)11)32-51-49-20-18-22-56(58(49)65-57(50)51)64(43-24-27-47-45-19-16-17-21-52(45)62(12,13)54(47)35-43)44-25-28-48-46-26-23-40(59(3,4)5)34-53(46)63(14,15)55(48)36-44/h16-37H,1-15H3. The maximum Gasteiger partial charge on any atom is 0.159 e. The van der Waals surface area contributed by atoms with E-state index in [4.69, 9.17) is 4.42 Å². The number of nitrogens with zero attached hydrogens (tertiary/aromatic N) is 1. The lowest BCUT2D eigenvalue weighted by Crippen LogP contribution is -2.19. The van der Waals surface area contributed by atoms with Gasteiger partial charge in [-0.3, -0.25) is 0 Å². The third-order valence-corrected chi connectivity index (χ3v) is 15.1. The van der Waals surface area contributed by atoms with Crippen LogP contribution in [0.4, 0.5) is 17.1 Å². The Morgan fingerprint density at radius 3 is 1.51 bits per heavy atom. The van der Waals surface area contributed by atoms with E-state index in [0.29, 0.717) is 0 Å². The van der Waals surface area contributed by atoms with Crippen molar-refractivity contribution in [3.8, 4) is 33.4 Å². The van der Waals surface area contributed by atoms with Crippen LogP contribution in [0, 0.1) is 0 Å². The Labute approximate surface area is 388 Å². The molecule has 1 aromatic heterocycles. The predicted molar refractivity (Wildman–Crippen MR) is 279 cm³/mol. The number of para-hydroxylation sites is 1. The SMILES string of the molecule is CC(C)c1cc(-c2cc(C(C)(C)C)cc(C(C)(C)C)c2)cc2c1oc1c(N(c3ccc4c(c3)C(C)(C)c3ccccc3-4)c3ccc4c(c3)C(C)(C)c3cc(C(C)(C)C)ccc3-4)cccc12. The maximum atomic E-state index is 7.32. The number of fused-ring (bicyclic) bond motifs is 9. The third-order valence-electron chi connectivity index (χ3n) is 15.1. The van der Waals surface area contributed by atoms with Gasteiger partial charge in [-0.2, -0.15) is 0 Å². The lowest BCUT2D eigenvalue weighted by atomic mass is 9.78. The summed E-state index contributed by atoms with van der Waals surface area (Å²) in [6.45, 7) is 35.0. The minimum Gasteiger partial charge on any atom is -0.454 e. The Bertz CT molecular complexity index is 3200. The van der Waals surface area contributed by atoms with E-state index < -0.39 is 0 Å². The molecule has 0 N–H and O–H groups in total. The summed E-state index contributed by atoms with van der Waals surface area (Å²) in [5.74, 6) is 0.255. The molecule has 1 heterocycles. The van der Waals surface area contributed by atoms with Gasteiger partial charge in [0.25, 0.3) is 0 Å². The van der Waals surface area contributed by atoms with Gasteiger partial charge in [-0.15, -0.1) is 0 Å². The quantitative estimate of drug-likeness (QED) is 0.171. The Balaban J connectivity index is 1.21. The molecule has 0 atom stereocenters. The largest absolute Gasteiger partial charge is 0.454 e. The van der Waals surface area contributed by atoms with Gasteiger partial charge in [0.1, 0.15) is 5.58 Å². The van der Waals surface area contributed by atoms with E-state index in [-0.39, 0.29) is 33.0 Å². The van der Waals surface area contributed by atoms with Crippen molar-refractivity contribution in [3.05, 3.63) is 172 Å². The van der Waals surface area contributed by atoms with Crippen LogP contribution >= 0.6 is 0 Å². The molecule has 0 aliphatic heterocycles. The first kappa shape index (κ1) is 43.1. The molecule has 0 bridgehead atoms. The molecule has 2 aliphatic rings. The molecule has 0 amide bonds. The smallest absolute Gasteiger partial charge is 0.159 e. The van der Waals surface area contributed by atoms with Gasteiger partial charge < -0.3 is 9.32 Å². The molecule has 2 nitrogen and oxygen atoms in total. The average molecular weight is 854 g/mol. The summed E-state index contributed by atoms with van der Waals surface area (Å²) in [4.78, 5) is 2.47. The molecule has 0 spiro atoms. The van der Waals surface area contributed by atoms with Crippen molar-refractivity contribution >= 4 is 39.0 Å². The number of rotatable bonds is 5. The van der Waals surface area contributed by atoms with E-state index in [2.05, 4.69) is 236 Å². The van der Waals surface area contributed by atoms with E-state index >= 15 is 0 Å². The molecule has 0 saturated heterocycles. The van der Waals surface area contributed by atoms with Crippen molar-refractivity contribution in [3.63, 3.8) is 0 Å². The molecular weight excluding hydrogens is 787 g/mol. The molecule has 65 heavy (non-hydrogen) atoms. The maximum absolute atomic E-state index is 7.32. The van der Waals surface area contributed by atoms with E-state index in [1.807, 2.05) is 0 Å². The molecule has 2 heteroatoms. The van der Waals surface area contributed by atoms with Gasteiger partial charge in [0.15, 0.2) is 5.58 Å². The van der Waals surface area contributed by atoms with Crippen LogP contribution in [0.3, 0.4) is 0 Å². The highest BCUT2D eigenvalue weighted by Gasteiger charge is 2.39. The molecule has 0 saturated carbocycles. The summed E-state index contributed by atoms with van der Waals surface area (Å²) in [5, 5.41) is 2.29. The second-order valence-corrected chi connectivity index (χ2v) is 23.8. The lowest BCUT2D eigenvalue weighted by molar-refractivity contribution is 0.569. The van der Waals surface area contributed by atoms with Crippen LogP contribution in [0.1, 0.15) is 154 Å². The third kappa shape index (κ3) is 6.80. The van der Waals surface area contributed by atoms with Crippen molar-refractivity contribution in [1.29, 1.82) is 0 Å². The molecule has 10 rings (SSSR count). The van der Waals surface area contributed by atoms with Gasteiger partial charge in [-0.05, 0) is 143 Å². The number of furan rings is 1. The van der Waals surface area contributed by atoms with E-state index in [9.17, 15) is 0 Å². The Morgan fingerprint density at radius 1 is 0.431 bits per heavy atom. The fourth-order valence-corrected chi connectivity index (χ4v) is 10.9. The van der Waals surface area contributed by atoms with Crippen LogP contribution in [-0.2, 0) is 27.1 Å². The van der Waals surface area contributed by atoms with Crippen LogP contribution in [0.5, 0.6) is 0 Å². The summed E-state index contributed by atoms with van der Waals surface area (Å²) in [6.07, 6.45) is 0. The second-order valence-electron chi connectivity index (χ2n) is 23.8. The van der Waals surface area contributed by atoms with Gasteiger partial charge in [0.2, 0.25) is 0 Å². The molecule has 7 aromatic carbocycles. The molecule has 330 valence electrons. The zero-order valence-corrected chi connectivity index (χ0v) is 41.6. The predicted octanol–water partition coefficient (Wildman–Crippen LogP) is 18.4. The van der Waals surface area contributed by atoms with E-state index in [0.717, 1.165) is 39.0 Å². The summed E-state index contributed by atoms with van der Waals surface area (Å²) >= 11 is 0. The Morgan fingerprint density at radius 2 is 0.938 bits per heavy atom.